The van der Waals surface area contributed by atoms with Crippen LogP contribution in [0.25, 0.3) is 0 Å². The Morgan fingerprint density at radius 3 is 2.17 bits per heavy atom. The lowest BCUT2D eigenvalue weighted by molar-refractivity contribution is -0.615. The number of aryl methyl sites for hydroxylation is 2. The molecule has 2 N–H and O–H groups in total. The summed E-state index contributed by atoms with van der Waals surface area (Å²) in [4.78, 5) is 12.7. The number of nitrogens with one attached hydrogen (secondary N) is 2. The highest BCUT2D eigenvalue weighted by Gasteiger charge is 2.24. The van der Waals surface area contributed by atoms with Gasteiger partial charge in [0.25, 0.3) is 0 Å². The highest BCUT2D eigenvalue weighted by Crippen LogP contribution is 2.27. The topological polar surface area (TPSA) is 56.4 Å². The molecule has 2 atom stereocenters. The van der Waals surface area contributed by atoms with Crippen LogP contribution in [0.2, 0.25) is 10.0 Å². The summed E-state index contributed by atoms with van der Waals surface area (Å²) in [6, 6.07) is 15.6. The smallest absolute Gasteiger partial charge is 0.229 e. The zero-order valence-corrected chi connectivity index (χ0v) is 18.3. The molecule has 1 aromatic heterocycles. The van der Waals surface area contributed by atoms with E-state index in [4.69, 9.17) is 27.7 Å². The molecule has 1 heterocycles. The van der Waals surface area contributed by atoms with E-state index in [2.05, 4.69) is 10.5 Å². The maximum absolute atomic E-state index is 12.7. The van der Waals surface area contributed by atoms with Crippen molar-refractivity contribution < 1.29 is 14.5 Å². The fraction of sp³-hybridized carbons (Fsp3) is 0.304. The van der Waals surface area contributed by atoms with Crippen molar-refractivity contribution in [1.29, 1.82) is 0 Å². The monoisotopic (exact) mass is 431 g/mol. The molecule has 6 heteroatoms. The molecule has 2 aromatic carbocycles. The highest BCUT2D eigenvalue weighted by atomic mass is 35.5. The van der Waals surface area contributed by atoms with Crippen molar-refractivity contribution in [3.63, 3.8) is 0 Å². The van der Waals surface area contributed by atoms with E-state index in [1.165, 1.54) is 0 Å². The van der Waals surface area contributed by atoms with Gasteiger partial charge in [-0.25, -0.2) is 4.52 Å². The van der Waals surface area contributed by atoms with Crippen molar-refractivity contribution in [2.75, 3.05) is 0 Å². The van der Waals surface area contributed by atoms with E-state index in [9.17, 15) is 4.79 Å². The van der Waals surface area contributed by atoms with Gasteiger partial charge in [-0.1, -0.05) is 47.5 Å². The molecule has 0 fully saturated rings. The van der Waals surface area contributed by atoms with Crippen LogP contribution in [0, 0.1) is 13.8 Å². The largest absolute Gasteiger partial charge is 0.353 e. The van der Waals surface area contributed by atoms with Crippen molar-refractivity contribution in [2.24, 2.45) is 0 Å². The lowest BCUT2D eigenvalue weighted by Crippen LogP contribution is -2.38. The number of carbonyl (C=O) groups excluding carboxylic acids is 1. The summed E-state index contributed by atoms with van der Waals surface area (Å²) in [6.07, 6.45) is 1.06. The molecule has 152 valence electrons. The summed E-state index contributed by atoms with van der Waals surface area (Å²) in [7, 11) is 0. The van der Waals surface area contributed by atoms with Gasteiger partial charge in [0.2, 0.25) is 11.6 Å². The number of aromatic amines is 1. The minimum atomic E-state index is -0.0733. The van der Waals surface area contributed by atoms with Crippen molar-refractivity contribution in [3.8, 4) is 0 Å². The number of amides is 1. The third kappa shape index (κ3) is 5.62. The summed E-state index contributed by atoms with van der Waals surface area (Å²) >= 11 is 12.1. The molecule has 1 amide bonds. The molecule has 0 aliphatic carbocycles. The lowest BCUT2D eigenvalue weighted by Gasteiger charge is -2.26. The molecule has 3 rings (SSSR count). The first kappa shape index (κ1) is 21.4. The second-order valence-corrected chi connectivity index (χ2v) is 8.26. The number of hydrogen-bond acceptors (Lipinski definition) is 2. The molecule has 0 bridgehead atoms. The second kappa shape index (κ2) is 9.47. The van der Waals surface area contributed by atoms with Crippen LogP contribution in [-0.2, 0) is 17.6 Å². The Hall–Kier alpha value is -2.30. The van der Waals surface area contributed by atoms with E-state index in [1.54, 1.807) is 0 Å². The van der Waals surface area contributed by atoms with Gasteiger partial charge < -0.3 is 5.32 Å². The van der Waals surface area contributed by atoms with Gasteiger partial charge in [0.15, 0.2) is 5.76 Å². The Bertz CT molecular complexity index is 946. The molecule has 0 unspecified atom stereocenters. The first-order valence-electron chi connectivity index (χ1n) is 9.59. The molecule has 4 nitrogen and oxygen atoms in total. The van der Waals surface area contributed by atoms with Crippen LogP contribution in [0.4, 0.5) is 0 Å². The van der Waals surface area contributed by atoms with Crippen molar-refractivity contribution in [1.82, 2.24) is 5.32 Å². The Labute approximate surface area is 181 Å². The molecule has 0 aliphatic rings. The predicted molar refractivity (Wildman–Crippen MR) is 115 cm³/mol. The lowest BCUT2D eigenvalue weighted by atomic mass is 9.86. The molecular formula is C23H25Cl2N2O2+. The zero-order chi connectivity index (χ0) is 21.0. The average molecular weight is 432 g/mol. The second-order valence-electron chi connectivity index (χ2n) is 7.39. The Balaban J connectivity index is 1.77. The molecule has 0 saturated heterocycles. The van der Waals surface area contributed by atoms with Crippen molar-refractivity contribution in [2.45, 2.75) is 45.6 Å². The summed E-state index contributed by atoms with van der Waals surface area (Å²) in [6.45, 7) is 5.79. The maximum Gasteiger partial charge on any atom is 0.229 e. The molecule has 0 radical (unpaired) electrons. The number of benzene rings is 2. The van der Waals surface area contributed by atoms with Gasteiger partial charge in [0.1, 0.15) is 0 Å². The fourth-order valence-corrected chi connectivity index (χ4v) is 3.78. The van der Waals surface area contributed by atoms with Crippen LogP contribution >= 0.6 is 23.2 Å². The van der Waals surface area contributed by atoms with Gasteiger partial charge in [-0.05, 0) is 53.9 Å². The van der Waals surface area contributed by atoms with E-state index in [0.717, 1.165) is 34.6 Å². The molecular weight excluding hydrogens is 407 g/mol. The maximum atomic E-state index is 12.7. The van der Waals surface area contributed by atoms with Crippen LogP contribution in [-0.4, -0.2) is 11.9 Å². The quantitative estimate of drug-likeness (QED) is 0.566. The van der Waals surface area contributed by atoms with E-state index in [-0.39, 0.29) is 24.3 Å². The normalized spacial score (nSPS) is 13.1. The number of H-pyrrole nitrogens is 1. The number of aromatic nitrogens is 1. The SMILES string of the molecule is Cc1[nH+]oc(C)c1CC(=O)N[C@H](C)[C@H](Cc1ccc(Cl)cc1)c1ccc(Cl)cc1. The molecule has 0 saturated carbocycles. The van der Waals surface area contributed by atoms with Gasteiger partial charge >= 0.3 is 0 Å². The number of rotatable bonds is 7. The average Bonchev–Trinajstić information content (AvgIpc) is 3.00. The van der Waals surface area contributed by atoms with Crippen LogP contribution < -0.4 is 10.5 Å². The van der Waals surface area contributed by atoms with Crippen LogP contribution in [0.1, 0.15) is 41.0 Å². The van der Waals surface area contributed by atoms with E-state index < -0.39 is 0 Å². The molecule has 0 spiro atoms. The number of hydrogen-bond donors (Lipinski definition) is 1. The fourth-order valence-electron chi connectivity index (χ4n) is 3.53. The van der Waals surface area contributed by atoms with Crippen LogP contribution in [0.3, 0.4) is 0 Å². The van der Waals surface area contributed by atoms with Gasteiger partial charge in [-0.2, -0.15) is 0 Å². The third-order valence-corrected chi connectivity index (χ3v) is 5.74. The van der Waals surface area contributed by atoms with Gasteiger partial charge in [0, 0.05) is 35.9 Å². The van der Waals surface area contributed by atoms with Gasteiger partial charge in [-0.15, -0.1) is 0 Å². The number of halogens is 2. The predicted octanol–water partition coefficient (Wildman–Crippen LogP) is 5.09. The minimum Gasteiger partial charge on any atom is -0.353 e. The molecule has 29 heavy (non-hydrogen) atoms. The van der Waals surface area contributed by atoms with E-state index in [0.29, 0.717) is 10.0 Å². The number of carbonyl (C=O) groups is 1. The van der Waals surface area contributed by atoms with E-state index >= 15 is 0 Å². The molecule has 0 aliphatic heterocycles. The van der Waals surface area contributed by atoms with Gasteiger partial charge in [0.05, 0.1) is 12.0 Å². The van der Waals surface area contributed by atoms with Crippen LogP contribution in [0.15, 0.2) is 53.1 Å². The Kier molecular flexibility index (Phi) is 6.99. The minimum absolute atomic E-state index is 0.0337. The Morgan fingerprint density at radius 1 is 1.03 bits per heavy atom. The van der Waals surface area contributed by atoms with Gasteiger partial charge in [-0.3, -0.25) is 4.79 Å². The van der Waals surface area contributed by atoms with E-state index in [1.807, 2.05) is 69.3 Å². The standard InChI is InChI=1S/C23H24Cl2N2O2/c1-14(26-23(28)13-21-15(2)27-29-16(21)3)22(18-6-10-20(25)11-7-18)12-17-4-8-19(24)9-5-17/h4-11,14,22H,12-13H2,1-3H3,(H,26,28)/p+1/t14-,22+/m1/s1. The molecule has 3 aromatic rings. The summed E-state index contributed by atoms with van der Waals surface area (Å²) in [5.74, 6) is 0.796. The highest BCUT2D eigenvalue weighted by molar-refractivity contribution is 6.30. The Morgan fingerprint density at radius 2 is 1.62 bits per heavy atom. The summed E-state index contributed by atoms with van der Waals surface area (Å²) in [5.41, 5.74) is 4.06. The zero-order valence-electron chi connectivity index (χ0n) is 16.8. The third-order valence-electron chi connectivity index (χ3n) is 5.23. The summed E-state index contributed by atoms with van der Waals surface area (Å²) < 4.78 is 5.29. The summed E-state index contributed by atoms with van der Waals surface area (Å²) in [5, 5.41) is 7.37. The van der Waals surface area contributed by atoms with Crippen molar-refractivity contribution >= 4 is 29.1 Å². The van der Waals surface area contributed by atoms with Crippen molar-refractivity contribution in [3.05, 3.63) is 86.7 Å². The van der Waals surface area contributed by atoms with Crippen LogP contribution in [0.5, 0.6) is 0 Å². The first-order valence-corrected chi connectivity index (χ1v) is 10.3. The first-order chi connectivity index (χ1) is 13.8.